The average Bonchev–Trinajstić information content (AvgIpc) is 2.35. The first kappa shape index (κ1) is 11.6. The maximum absolute atomic E-state index is 12.5. The third kappa shape index (κ3) is 3.36. The molecule has 1 saturated heterocycles. The number of hydrogen-bond donors (Lipinski definition) is 1. The van der Waals surface area contributed by atoms with E-state index in [4.69, 9.17) is 0 Å². The second kappa shape index (κ2) is 5.32. The van der Waals surface area contributed by atoms with Crippen molar-refractivity contribution >= 4 is 18.4 Å². The third-order valence-electron chi connectivity index (χ3n) is 1.81. The lowest BCUT2D eigenvalue weighted by Crippen LogP contribution is -2.24. The zero-order valence-corrected chi connectivity index (χ0v) is 7.70. The summed E-state index contributed by atoms with van der Waals surface area (Å²) in [6, 6.07) is -0.0301. The molecule has 0 unspecified atom stereocenters. The van der Waals surface area contributed by atoms with E-state index in [-0.39, 0.29) is 30.8 Å². The van der Waals surface area contributed by atoms with Gasteiger partial charge in [-0.15, -0.1) is 12.4 Å². The maximum atomic E-state index is 12.5. The molecule has 1 heterocycles. The van der Waals surface area contributed by atoms with E-state index >= 15 is 0 Å². The SMILES string of the molecule is COC(=O)C[C@@H]1C[C@@H](F)CN1.Cl. The van der Waals surface area contributed by atoms with E-state index in [0.29, 0.717) is 13.0 Å². The Kier molecular flexibility index (Phi) is 5.17. The highest BCUT2D eigenvalue weighted by molar-refractivity contribution is 5.85. The molecule has 5 heteroatoms. The molecule has 1 rings (SSSR count). The largest absolute Gasteiger partial charge is 0.469 e. The molecule has 0 bridgehead atoms. The fourth-order valence-corrected chi connectivity index (χ4v) is 1.21. The van der Waals surface area contributed by atoms with Gasteiger partial charge in [0.15, 0.2) is 0 Å². The monoisotopic (exact) mass is 197 g/mol. The van der Waals surface area contributed by atoms with Gasteiger partial charge in [-0.05, 0) is 6.42 Å². The minimum atomic E-state index is -0.801. The van der Waals surface area contributed by atoms with Crippen LogP contribution in [0, 0.1) is 0 Å². The van der Waals surface area contributed by atoms with Gasteiger partial charge in [0.2, 0.25) is 0 Å². The van der Waals surface area contributed by atoms with Crippen molar-refractivity contribution in [3.05, 3.63) is 0 Å². The number of carbonyl (C=O) groups is 1. The van der Waals surface area contributed by atoms with Gasteiger partial charge < -0.3 is 10.1 Å². The van der Waals surface area contributed by atoms with Gasteiger partial charge in [-0.3, -0.25) is 4.79 Å². The number of esters is 1. The van der Waals surface area contributed by atoms with E-state index < -0.39 is 6.17 Å². The van der Waals surface area contributed by atoms with Gasteiger partial charge in [-0.25, -0.2) is 4.39 Å². The molecule has 0 amide bonds. The lowest BCUT2D eigenvalue weighted by Gasteiger charge is -2.06. The molecule has 12 heavy (non-hydrogen) atoms. The molecule has 0 saturated carbocycles. The van der Waals surface area contributed by atoms with Gasteiger partial charge in [0.25, 0.3) is 0 Å². The van der Waals surface area contributed by atoms with Crippen molar-refractivity contribution in [3.63, 3.8) is 0 Å². The van der Waals surface area contributed by atoms with E-state index in [1.165, 1.54) is 7.11 Å². The summed E-state index contributed by atoms with van der Waals surface area (Å²) in [6.45, 7) is 0.363. The Morgan fingerprint density at radius 2 is 2.42 bits per heavy atom. The van der Waals surface area contributed by atoms with Gasteiger partial charge in [-0.2, -0.15) is 0 Å². The first-order chi connectivity index (χ1) is 5.22. The van der Waals surface area contributed by atoms with Crippen LogP contribution in [-0.4, -0.2) is 31.8 Å². The number of ether oxygens (including phenoxy) is 1. The van der Waals surface area contributed by atoms with E-state index in [0.717, 1.165) is 0 Å². The first-order valence-electron chi connectivity index (χ1n) is 3.66. The van der Waals surface area contributed by atoms with Crippen LogP contribution < -0.4 is 5.32 Å². The smallest absolute Gasteiger partial charge is 0.307 e. The number of methoxy groups -OCH3 is 1. The Hall–Kier alpha value is -0.350. The summed E-state index contributed by atoms with van der Waals surface area (Å²) >= 11 is 0. The molecule has 0 aromatic carbocycles. The summed E-state index contributed by atoms with van der Waals surface area (Å²) in [6.07, 6.45) is -0.101. The minimum absolute atomic E-state index is 0. The van der Waals surface area contributed by atoms with Crippen LogP contribution in [0.4, 0.5) is 4.39 Å². The molecular weight excluding hydrogens is 185 g/mol. The normalized spacial score (nSPS) is 27.8. The fraction of sp³-hybridized carbons (Fsp3) is 0.857. The van der Waals surface area contributed by atoms with E-state index in [1.54, 1.807) is 0 Å². The lowest BCUT2D eigenvalue weighted by atomic mass is 10.1. The van der Waals surface area contributed by atoms with Crippen LogP contribution >= 0.6 is 12.4 Å². The van der Waals surface area contributed by atoms with Crippen molar-refractivity contribution < 1.29 is 13.9 Å². The summed E-state index contributed by atoms with van der Waals surface area (Å²) in [4.78, 5) is 10.7. The number of hydrogen-bond acceptors (Lipinski definition) is 3. The molecule has 0 aliphatic carbocycles. The Balaban J connectivity index is 0.00000121. The van der Waals surface area contributed by atoms with Gasteiger partial charge >= 0.3 is 5.97 Å². The Morgan fingerprint density at radius 3 is 2.83 bits per heavy atom. The van der Waals surface area contributed by atoms with Crippen LogP contribution in [0.15, 0.2) is 0 Å². The highest BCUT2D eigenvalue weighted by Gasteiger charge is 2.25. The summed E-state index contributed by atoms with van der Waals surface area (Å²) in [7, 11) is 1.34. The van der Waals surface area contributed by atoms with Gasteiger partial charge in [-0.1, -0.05) is 0 Å². The van der Waals surface area contributed by atoms with E-state index in [1.807, 2.05) is 0 Å². The zero-order valence-electron chi connectivity index (χ0n) is 6.88. The summed E-state index contributed by atoms with van der Waals surface area (Å²) in [5, 5.41) is 2.90. The lowest BCUT2D eigenvalue weighted by molar-refractivity contribution is -0.141. The molecule has 0 radical (unpaired) electrons. The molecular formula is C7H13ClFNO2. The van der Waals surface area contributed by atoms with Crippen LogP contribution in [0.5, 0.6) is 0 Å². The first-order valence-corrected chi connectivity index (χ1v) is 3.66. The number of alkyl halides is 1. The minimum Gasteiger partial charge on any atom is -0.469 e. The molecule has 2 atom stereocenters. The third-order valence-corrected chi connectivity index (χ3v) is 1.81. The van der Waals surface area contributed by atoms with Crippen molar-refractivity contribution in [1.82, 2.24) is 5.32 Å². The van der Waals surface area contributed by atoms with Crippen molar-refractivity contribution in [2.75, 3.05) is 13.7 Å². The van der Waals surface area contributed by atoms with Gasteiger partial charge in [0.05, 0.1) is 13.5 Å². The van der Waals surface area contributed by atoms with Crippen LogP contribution in [0.3, 0.4) is 0 Å². The number of halogens is 2. The molecule has 0 aromatic heterocycles. The summed E-state index contributed by atoms with van der Waals surface area (Å²) in [5.74, 6) is -0.281. The molecule has 1 aliphatic heterocycles. The van der Waals surface area contributed by atoms with Crippen molar-refractivity contribution in [2.24, 2.45) is 0 Å². The molecule has 3 nitrogen and oxygen atoms in total. The van der Waals surface area contributed by atoms with Crippen LogP contribution in [-0.2, 0) is 9.53 Å². The quantitative estimate of drug-likeness (QED) is 0.662. The predicted octanol–water partition coefficient (Wildman–Crippen LogP) is 0.671. The Labute approximate surface area is 77.1 Å². The Bertz CT molecular complexity index is 156. The van der Waals surface area contributed by atoms with Crippen LogP contribution in [0.25, 0.3) is 0 Å². The van der Waals surface area contributed by atoms with E-state index in [9.17, 15) is 9.18 Å². The summed E-state index contributed by atoms with van der Waals surface area (Å²) < 4.78 is 17.0. The second-order valence-corrected chi connectivity index (χ2v) is 2.72. The predicted molar refractivity (Wildman–Crippen MR) is 45.2 cm³/mol. The van der Waals surface area contributed by atoms with Gasteiger partial charge in [0.1, 0.15) is 6.17 Å². The average molecular weight is 198 g/mol. The van der Waals surface area contributed by atoms with Gasteiger partial charge in [0, 0.05) is 12.6 Å². The summed E-state index contributed by atoms with van der Waals surface area (Å²) in [5.41, 5.74) is 0. The molecule has 1 aliphatic rings. The fourth-order valence-electron chi connectivity index (χ4n) is 1.21. The number of nitrogens with one attached hydrogen (secondary N) is 1. The van der Waals surface area contributed by atoms with Crippen molar-refractivity contribution in [1.29, 1.82) is 0 Å². The molecule has 0 aromatic rings. The molecule has 0 spiro atoms. The number of carbonyl (C=O) groups excluding carboxylic acids is 1. The second-order valence-electron chi connectivity index (χ2n) is 2.72. The number of rotatable bonds is 2. The topological polar surface area (TPSA) is 38.3 Å². The maximum Gasteiger partial charge on any atom is 0.307 e. The van der Waals surface area contributed by atoms with Crippen LogP contribution in [0.1, 0.15) is 12.8 Å². The highest BCUT2D eigenvalue weighted by atomic mass is 35.5. The van der Waals surface area contributed by atoms with Crippen molar-refractivity contribution in [3.8, 4) is 0 Å². The van der Waals surface area contributed by atoms with Crippen molar-refractivity contribution in [2.45, 2.75) is 25.1 Å². The standard InChI is InChI=1S/C7H12FNO2.ClH/c1-11-7(10)3-6-2-5(8)4-9-6;/h5-6,9H,2-4H2,1H3;1H/t5-,6+;/m1./s1. The zero-order chi connectivity index (χ0) is 8.27. The molecule has 1 N–H and O–H groups in total. The highest BCUT2D eigenvalue weighted by Crippen LogP contribution is 2.12. The van der Waals surface area contributed by atoms with E-state index in [2.05, 4.69) is 10.1 Å². The molecule has 1 fully saturated rings. The Morgan fingerprint density at radius 1 is 1.75 bits per heavy atom. The molecule has 72 valence electrons. The van der Waals surface area contributed by atoms with Crippen LogP contribution in [0.2, 0.25) is 0 Å².